The lowest BCUT2D eigenvalue weighted by molar-refractivity contribution is 0.360. The van der Waals surface area contributed by atoms with Crippen LogP contribution in [0.15, 0.2) is 17.1 Å². The lowest BCUT2D eigenvalue weighted by Gasteiger charge is -2.22. The fourth-order valence-corrected chi connectivity index (χ4v) is 5.45. The summed E-state index contributed by atoms with van der Waals surface area (Å²) in [5.41, 5.74) is 8.59. The van der Waals surface area contributed by atoms with Gasteiger partial charge in [-0.15, -0.1) is 0 Å². The van der Waals surface area contributed by atoms with Gasteiger partial charge in [-0.1, -0.05) is 0 Å². The molecule has 1 saturated heterocycles. The van der Waals surface area contributed by atoms with Gasteiger partial charge in [0.05, 0.1) is 11.2 Å². The van der Waals surface area contributed by atoms with E-state index in [1.165, 1.54) is 25.7 Å². The number of hydrogen-bond acceptors (Lipinski definition) is 6. The van der Waals surface area contributed by atoms with E-state index in [4.69, 9.17) is 10.8 Å². The van der Waals surface area contributed by atoms with Crippen LogP contribution in [0.4, 0.5) is 11.6 Å². The van der Waals surface area contributed by atoms with Crippen LogP contribution < -0.4 is 16.2 Å². The maximum Gasteiger partial charge on any atom is 0.264 e. The number of rotatable bonds is 5. The van der Waals surface area contributed by atoms with Crippen LogP contribution in [-0.2, 0) is 7.05 Å². The van der Waals surface area contributed by atoms with Gasteiger partial charge in [-0.3, -0.25) is 14.6 Å². The van der Waals surface area contributed by atoms with E-state index in [1.807, 2.05) is 22.5 Å². The molecule has 0 radical (unpaired) electrons. The summed E-state index contributed by atoms with van der Waals surface area (Å²) >= 11 is 0. The molecule has 0 aromatic carbocycles. The smallest absolute Gasteiger partial charge is 0.264 e. The second kappa shape index (κ2) is 7.37. The Labute approximate surface area is 187 Å². The summed E-state index contributed by atoms with van der Waals surface area (Å²) in [5, 5.41) is 12.6. The molecule has 0 spiro atoms. The number of nitrogens with zero attached hydrogens (tertiary/aromatic N) is 6. The fourth-order valence-electron chi connectivity index (χ4n) is 5.45. The van der Waals surface area contributed by atoms with Crippen LogP contribution in [0.2, 0.25) is 0 Å². The molecule has 32 heavy (non-hydrogen) atoms. The Morgan fingerprint density at radius 1 is 1.09 bits per heavy atom. The van der Waals surface area contributed by atoms with Crippen LogP contribution in [0, 0.1) is 11.8 Å². The van der Waals surface area contributed by atoms with Crippen LogP contribution in [0.3, 0.4) is 0 Å². The topological polar surface area (TPSA) is 101 Å². The molecule has 0 bridgehead atoms. The Kier molecular flexibility index (Phi) is 4.57. The number of fused-ring (bicyclic) bond motifs is 1. The lowest BCUT2D eigenvalue weighted by Crippen LogP contribution is -2.30. The first kappa shape index (κ1) is 19.8. The molecule has 1 aliphatic heterocycles. The highest BCUT2D eigenvalue weighted by Crippen LogP contribution is 2.52. The average Bonchev–Trinajstić information content (AvgIpc) is 3.69. The summed E-state index contributed by atoms with van der Waals surface area (Å²) in [6.07, 6.45) is 7.98. The van der Waals surface area contributed by atoms with Crippen molar-refractivity contribution in [2.45, 2.75) is 38.1 Å². The number of nitrogens with one attached hydrogen (secondary N) is 1. The summed E-state index contributed by atoms with van der Waals surface area (Å²) in [5.74, 6) is 2.59. The number of aromatic amines is 1. The van der Waals surface area contributed by atoms with Crippen molar-refractivity contribution in [2.24, 2.45) is 18.9 Å². The maximum atomic E-state index is 13.5. The molecule has 4 heterocycles. The van der Waals surface area contributed by atoms with E-state index in [0.717, 1.165) is 49.7 Å². The third-order valence-corrected chi connectivity index (χ3v) is 7.49. The van der Waals surface area contributed by atoms with Crippen molar-refractivity contribution in [3.63, 3.8) is 0 Å². The Balaban J connectivity index is 1.47. The second-order valence-corrected chi connectivity index (χ2v) is 9.93. The van der Waals surface area contributed by atoms with Gasteiger partial charge in [0.15, 0.2) is 5.82 Å². The zero-order chi connectivity index (χ0) is 22.0. The molecule has 170 valence electrons. The van der Waals surface area contributed by atoms with E-state index in [9.17, 15) is 4.79 Å². The quantitative estimate of drug-likeness (QED) is 0.636. The predicted octanol–water partition coefficient (Wildman–Crippen LogP) is 2.21. The van der Waals surface area contributed by atoms with Crippen molar-refractivity contribution in [3.8, 4) is 11.3 Å². The van der Waals surface area contributed by atoms with Gasteiger partial charge in [-0.25, -0.2) is 0 Å². The first-order chi connectivity index (χ1) is 15.5. The molecule has 0 atom stereocenters. The molecule has 3 fully saturated rings. The average molecular weight is 437 g/mol. The summed E-state index contributed by atoms with van der Waals surface area (Å²) in [7, 11) is 4.18. The van der Waals surface area contributed by atoms with E-state index in [2.05, 4.69) is 33.1 Å². The molecule has 9 heteroatoms. The first-order valence-electron chi connectivity index (χ1n) is 11.9. The largest absolute Gasteiger partial charge is 0.382 e. The van der Waals surface area contributed by atoms with Gasteiger partial charge in [-0.05, 0) is 57.5 Å². The number of nitrogens with two attached hydrogens (primary N) is 1. The number of aromatic nitrogens is 5. The molecule has 3 aromatic rings. The molecular weight excluding hydrogens is 404 g/mol. The van der Waals surface area contributed by atoms with Gasteiger partial charge in [0.2, 0.25) is 0 Å². The molecule has 3 N–H and O–H groups in total. The summed E-state index contributed by atoms with van der Waals surface area (Å²) < 4.78 is 3.93. The predicted molar refractivity (Wildman–Crippen MR) is 126 cm³/mol. The number of hydrogen-bond donors (Lipinski definition) is 2. The molecule has 2 aliphatic carbocycles. The van der Waals surface area contributed by atoms with Crippen molar-refractivity contribution >= 4 is 22.5 Å². The van der Waals surface area contributed by atoms with Crippen molar-refractivity contribution in [2.75, 3.05) is 43.9 Å². The third kappa shape index (κ3) is 3.30. The van der Waals surface area contributed by atoms with Crippen LogP contribution in [0.5, 0.6) is 0 Å². The van der Waals surface area contributed by atoms with Crippen molar-refractivity contribution < 1.29 is 0 Å². The highest BCUT2D eigenvalue weighted by molar-refractivity contribution is 5.97. The number of H-pyrrole nitrogens is 1. The van der Waals surface area contributed by atoms with Gasteiger partial charge in [0.25, 0.3) is 5.56 Å². The monoisotopic (exact) mass is 436 g/mol. The SMILES string of the molecule is CN1CCCN(c2cc(-c3cn(C(C4CC4)C4CC4)c(=O)c4c(N)n[nH]c34)nn2C)CC1. The van der Waals surface area contributed by atoms with Crippen LogP contribution in [-0.4, -0.2) is 62.7 Å². The molecule has 3 aromatic heterocycles. The first-order valence-corrected chi connectivity index (χ1v) is 11.9. The van der Waals surface area contributed by atoms with Crippen molar-refractivity contribution in [1.29, 1.82) is 0 Å². The van der Waals surface area contributed by atoms with Crippen LogP contribution in [0.1, 0.15) is 38.1 Å². The number of aryl methyl sites for hydroxylation is 1. The van der Waals surface area contributed by atoms with Gasteiger partial charge in [0.1, 0.15) is 11.2 Å². The van der Waals surface area contributed by atoms with E-state index in [-0.39, 0.29) is 17.4 Å². The molecule has 0 amide bonds. The van der Waals surface area contributed by atoms with Gasteiger partial charge in [0, 0.05) is 50.6 Å². The van der Waals surface area contributed by atoms with E-state index < -0.39 is 0 Å². The minimum Gasteiger partial charge on any atom is -0.382 e. The molecule has 9 nitrogen and oxygen atoms in total. The summed E-state index contributed by atoms with van der Waals surface area (Å²) in [6, 6.07) is 2.42. The van der Waals surface area contributed by atoms with E-state index >= 15 is 0 Å². The fraction of sp³-hybridized carbons (Fsp3) is 0.609. The van der Waals surface area contributed by atoms with Gasteiger partial charge < -0.3 is 20.1 Å². The number of pyridine rings is 1. The van der Waals surface area contributed by atoms with Crippen molar-refractivity contribution in [1.82, 2.24) is 29.4 Å². The third-order valence-electron chi connectivity index (χ3n) is 7.49. The zero-order valence-corrected chi connectivity index (χ0v) is 18.9. The molecule has 6 rings (SSSR count). The summed E-state index contributed by atoms with van der Waals surface area (Å²) in [6.45, 7) is 4.15. The normalized spacial score (nSPS) is 20.4. The number of anilines is 2. The Hall–Kier alpha value is -2.81. The number of likely N-dealkylation sites (N-methyl/N-ethyl adjacent to an activating group) is 1. The highest BCUT2D eigenvalue weighted by Gasteiger charge is 2.43. The van der Waals surface area contributed by atoms with Crippen LogP contribution in [0.25, 0.3) is 22.2 Å². The Morgan fingerprint density at radius 3 is 2.56 bits per heavy atom. The van der Waals surface area contributed by atoms with Gasteiger partial charge >= 0.3 is 0 Å². The molecular formula is C23H32N8O. The Morgan fingerprint density at radius 2 is 1.84 bits per heavy atom. The number of nitrogen functional groups attached to an aromatic ring is 1. The molecule has 2 saturated carbocycles. The van der Waals surface area contributed by atoms with Crippen molar-refractivity contribution in [3.05, 3.63) is 22.6 Å². The highest BCUT2D eigenvalue weighted by atomic mass is 16.1. The van der Waals surface area contributed by atoms with E-state index in [0.29, 0.717) is 22.7 Å². The lowest BCUT2D eigenvalue weighted by atomic mass is 10.0. The Bertz CT molecular complexity index is 1200. The second-order valence-electron chi connectivity index (χ2n) is 9.93. The van der Waals surface area contributed by atoms with Crippen LogP contribution >= 0.6 is 0 Å². The van der Waals surface area contributed by atoms with Gasteiger partial charge in [-0.2, -0.15) is 10.2 Å². The molecule has 0 unspecified atom stereocenters. The zero-order valence-electron chi connectivity index (χ0n) is 18.9. The minimum absolute atomic E-state index is 0.0227. The summed E-state index contributed by atoms with van der Waals surface area (Å²) in [4.78, 5) is 18.3. The minimum atomic E-state index is -0.0227. The molecule has 3 aliphatic rings. The standard InChI is InChI=1S/C23H32N8O/c1-28-8-3-9-30(11-10-28)18-12-17(27-29(18)2)16-13-31(21(14-4-5-14)15-6-7-15)23(32)19-20(16)25-26-22(19)24/h12-15,21H,3-11H2,1-2H3,(H3,24,25,26). The maximum absolute atomic E-state index is 13.5. The van der Waals surface area contributed by atoms with E-state index in [1.54, 1.807) is 0 Å².